The minimum Gasteiger partial charge on any atom is -0.389 e. The predicted molar refractivity (Wildman–Crippen MR) is 87.5 cm³/mol. The molecule has 1 aliphatic carbocycles. The van der Waals surface area contributed by atoms with Crippen LogP contribution in [-0.2, 0) is 4.74 Å². The van der Waals surface area contributed by atoms with Crippen molar-refractivity contribution in [2.24, 2.45) is 17.8 Å². The zero-order valence-electron chi connectivity index (χ0n) is 13.8. The third kappa shape index (κ3) is 7.26. The van der Waals surface area contributed by atoms with Gasteiger partial charge >= 0.3 is 0 Å². The van der Waals surface area contributed by atoms with Crippen LogP contribution in [0.2, 0.25) is 0 Å². The van der Waals surface area contributed by atoms with Gasteiger partial charge in [0.15, 0.2) is 0 Å². The molecule has 0 spiro atoms. The normalized spacial score (nSPS) is 28.5. The number of hydrogen-bond donors (Lipinski definition) is 2. The van der Waals surface area contributed by atoms with E-state index >= 15 is 0 Å². The predicted octanol–water partition coefficient (Wildman–Crippen LogP) is 3.24. The third-order valence-corrected chi connectivity index (χ3v) is 4.23. The van der Waals surface area contributed by atoms with Crippen LogP contribution in [0.15, 0.2) is 0 Å². The second kappa shape index (κ2) is 9.99. The van der Waals surface area contributed by atoms with E-state index in [-0.39, 0.29) is 12.4 Å². The monoisotopic (exact) mass is 307 g/mol. The average Bonchev–Trinajstić information content (AvgIpc) is 2.33. The molecule has 122 valence electrons. The Morgan fingerprint density at radius 1 is 1.20 bits per heavy atom. The molecule has 0 radical (unpaired) electrons. The Morgan fingerprint density at radius 3 is 2.40 bits per heavy atom. The third-order valence-electron chi connectivity index (χ3n) is 4.23. The van der Waals surface area contributed by atoms with Crippen LogP contribution in [0.4, 0.5) is 0 Å². The van der Waals surface area contributed by atoms with Gasteiger partial charge in [-0.25, -0.2) is 0 Å². The highest BCUT2D eigenvalue weighted by atomic mass is 35.5. The molecule has 0 saturated heterocycles. The van der Waals surface area contributed by atoms with Crippen LogP contribution < -0.4 is 5.32 Å². The van der Waals surface area contributed by atoms with Gasteiger partial charge in [-0.15, -0.1) is 12.4 Å². The lowest BCUT2D eigenvalue weighted by molar-refractivity contribution is -0.0684. The van der Waals surface area contributed by atoms with E-state index in [0.29, 0.717) is 37.1 Å². The van der Waals surface area contributed by atoms with Crippen molar-refractivity contribution in [3.63, 3.8) is 0 Å². The van der Waals surface area contributed by atoms with Gasteiger partial charge in [-0.2, -0.15) is 0 Å². The Bertz CT molecular complexity index is 249. The summed E-state index contributed by atoms with van der Waals surface area (Å²) < 4.78 is 6.03. The highest BCUT2D eigenvalue weighted by Crippen LogP contribution is 2.35. The topological polar surface area (TPSA) is 41.5 Å². The maximum absolute atomic E-state index is 9.93. The molecule has 0 aromatic rings. The van der Waals surface area contributed by atoms with Crippen molar-refractivity contribution in [3.05, 3.63) is 0 Å². The standard InChI is InChI=1S/C16H33NO2.ClH/c1-11(2)15-7-6-13(5)8-16(15)19-10-14(18)9-17-12(3)4;/h11-18H,6-10H2,1-5H3;1H. The first-order valence-electron chi connectivity index (χ1n) is 7.93. The molecule has 4 atom stereocenters. The molecule has 0 aliphatic heterocycles. The van der Waals surface area contributed by atoms with Crippen molar-refractivity contribution in [1.29, 1.82) is 0 Å². The molecule has 1 aliphatic rings. The summed E-state index contributed by atoms with van der Waals surface area (Å²) in [5.41, 5.74) is 0. The zero-order chi connectivity index (χ0) is 14.4. The minimum atomic E-state index is -0.396. The number of aliphatic hydroxyl groups excluding tert-OH is 1. The molecule has 2 N–H and O–H groups in total. The molecule has 0 aromatic carbocycles. The maximum atomic E-state index is 9.93. The Morgan fingerprint density at radius 2 is 1.85 bits per heavy atom. The Labute approximate surface area is 131 Å². The Balaban J connectivity index is 0.00000361. The van der Waals surface area contributed by atoms with Gasteiger partial charge in [0, 0.05) is 12.6 Å². The van der Waals surface area contributed by atoms with E-state index in [1.165, 1.54) is 12.8 Å². The molecule has 0 amide bonds. The van der Waals surface area contributed by atoms with E-state index in [9.17, 15) is 5.11 Å². The lowest BCUT2D eigenvalue weighted by Crippen LogP contribution is -2.39. The number of nitrogens with one attached hydrogen (secondary N) is 1. The molecule has 1 fully saturated rings. The van der Waals surface area contributed by atoms with Crippen LogP contribution in [0, 0.1) is 17.8 Å². The molecule has 1 rings (SSSR count). The van der Waals surface area contributed by atoms with E-state index in [4.69, 9.17) is 4.74 Å². The lowest BCUT2D eigenvalue weighted by atomic mass is 9.75. The second-order valence-corrected chi connectivity index (χ2v) is 6.91. The van der Waals surface area contributed by atoms with Gasteiger partial charge in [0.05, 0.1) is 18.8 Å². The summed E-state index contributed by atoms with van der Waals surface area (Å²) in [6.07, 6.45) is 3.67. The number of hydrogen-bond acceptors (Lipinski definition) is 3. The van der Waals surface area contributed by atoms with E-state index in [2.05, 4.69) is 39.9 Å². The molecule has 4 unspecified atom stereocenters. The quantitative estimate of drug-likeness (QED) is 0.758. The highest BCUT2D eigenvalue weighted by molar-refractivity contribution is 5.85. The van der Waals surface area contributed by atoms with E-state index in [1.54, 1.807) is 0 Å². The summed E-state index contributed by atoms with van der Waals surface area (Å²) >= 11 is 0. The van der Waals surface area contributed by atoms with E-state index in [1.807, 2.05) is 0 Å². The van der Waals surface area contributed by atoms with E-state index < -0.39 is 6.10 Å². The lowest BCUT2D eigenvalue weighted by Gasteiger charge is -2.37. The van der Waals surface area contributed by atoms with Gasteiger partial charge in [0.25, 0.3) is 0 Å². The Hall–Kier alpha value is 0.170. The number of aliphatic hydroxyl groups is 1. The fourth-order valence-electron chi connectivity index (χ4n) is 2.97. The van der Waals surface area contributed by atoms with Gasteiger partial charge < -0.3 is 15.2 Å². The summed E-state index contributed by atoms with van der Waals surface area (Å²) in [6.45, 7) is 12.1. The first-order valence-corrected chi connectivity index (χ1v) is 7.93. The van der Waals surface area contributed by atoms with Crippen LogP contribution in [-0.4, -0.2) is 36.5 Å². The van der Waals surface area contributed by atoms with Crippen LogP contribution in [0.5, 0.6) is 0 Å². The molecule has 0 bridgehead atoms. The van der Waals surface area contributed by atoms with Gasteiger partial charge in [-0.1, -0.05) is 41.0 Å². The SMILES string of the molecule is CC1CCC(C(C)C)C(OCC(O)CNC(C)C)C1.Cl. The number of halogens is 1. The summed E-state index contributed by atoms with van der Waals surface area (Å²) in [5.74, 6) is 2.08. The minimum absolute atomic E-state index is 0. The van der Waals surface area contributed by atoms with Crippen LogP contribution in [0.1, 0.15) is 53.9 Å². The summed E-state index contributed by atoms with van der Waals surface area (Å²) in [7, 11) is 0. The smallest absolute Gasteiger partial charge is 0.0897 e. The van der Waals surface area contributed by atoms with E-state index in [0.717, 1.165) is 12.3 Å². The van der Waals surface area contributed by atoms with Crippen molar-refractivity contribution in [1.82, 2.24) is 5.32 Å². The van der Waals surface area contributed by atoms with Crippen molar-refractivity contribution in [2.45, 2.75) is 72.1 Å². The second-order valence-electron chi connectivity index (χ2n) is 6.91. The fourth-order valence-corrected chi connectivity index (χ4v) is 2.97. The first-order chi connectivity index (χ1) is 8.90. The average molecular weight is 308 g/mol. The summed E-state index contributed by atoms with van der Waals surface area (Å²) in [4.78, 5) is 0. The van der Waals surface area contributed by atoms with Crippen LogP contribution in [0.25, 0.3) is 0 Å². The van der Waals surface area contributed by atoms with Crippen molar-refractivity contribution in [2.75, 3.05) is 13.2 Å². The number of rotatable bonds is 7. The highest BCUT2D eigenvalue weighted by Gasteiger charge is 2.31. The van der Waals surface area contributed by atoms with Crippen LogP contribution >= 0.6 is 12.4 Å². The van der Waals surface area contributed by atoms with Crippen molar-refractivity contribution in [3.8, 4) is 0 Å². The van der Waals surface area contributed by atoms with Gasteiger partial charge in [-0.05, 0) is 30.6 Å². The first kappa shape index (κ1) is 20.2. The molecule has 0 aromatic heterocycles. The molecule has 20 heavy (non-hydrogen) atoms. The molecular weight excluding hydrogens is 274 g/mol. The molecule has 1 saturated carbocycles. The molecule has 4 heteroatoms. The van der Waals surface area contributed by atoms with Gasteiger partial charge in [0.2, 0.25) is 0 Å². The molecule has 0 heterocycles. The Kier molecular flexibility index (Phi) is 10.1. The van der Waals surface area contributed by atoms with Gasteiger partial charge in [-0.3, -0.25) is 0 Å². The zero-order valence-corrected chi connectivity index (χ0v) is 14.6. The molecule has 3 nitrogen and oxygen atoms in total. The largest absolute Gasteiger partial charge is 0.389 e. The van der Waals surface area contributed by atoms with Crippen molar-refractivity contribution < 1.29 is 9.84 Å². The summed E-state index contributed by atoms with van der Waals surface area (Å²) in [5, 5.41) is 13.2. The molecular formula is C16H34ClNO2. The fraction of sp³-hybridized carbons (Fsp3) is 1.00. The number of ether oxygens (including phenoxy) is 1. The summed E-state index contributed by atoms with van der Waals surface area (Å²) in [6, 6.07) is 0.410. The van der Waals surface area contributed by atoms with Crippen LogP contribution in [0.3, 0.4) is 0 Å². The maximum Gasteiger partial charge on any atom is 0.0897 e. The van der Waals surface area contributed by atoms with Gasteiger partial charge in [0.1, 0.15) is 0 Å². The van der Waals surface area contributed by atoms with Crippen molar-refractivity contribution >= 4 is 12.4 Å².